The lowest BCUT2D eigenvalue weighted by Gasteiger charge is -2.20. The highest BCUT2D eigenvalue weighted by atomic mass is 32.2. The second-order valence-electron chi connectivity index (χ2n) is 7.36. The molecule has 156 valence electrons. The third kappa shape index (κ3) is 3.93. The summed E-state index contributed by atoms with van der Waals surface area (Å²) in [5.74, 6) is -1.59. The molecule has 1 fully saturated rings. The number of carboxylic acids is 1. The van der Waals surface area contributed by atoms with Crippen molar-refractivity contribution < 1.29 is 22.7 Å². The molecule has 0 aliphatic carbocycles. The number of carboxylic acid groups (broad SMARTS) is 1. The van der Waals surface area contributed by atoms with Crippen molar-refractivity contribution in [1.82, 2.24) is 9.29 Å². The number of hydrogen-bond acceptors (Lipinski definition) is 4. The Morgan fingerprint density at radius 2 is 1.63 bits per heavy atom. The van der Waals surface area contributed by atoms with Crippen LogP contribution in [0.2, 0.25) is 0 Å². The highest BCUT2D eigenvalue weighted by molar-refractivity contribution is 7.89. The maximum atomic E-state index is 13.2. The van der Waals surface area contributed by atoms with Gasteiger partial charge in [0.25, 0.3) is 0 Å². The van der Waals surface area contributed by atoms with Gasteiger partial charge < -0.3 is 5.11 Å². The summed E-state index contributed by atoms with van der Waals surface area (Å²) in [5, 5.41) is 9.98. The van der Waals surface area contributed by atoms with E-state index in [1.807, 2.05) is 0 Å². The Morgan fingerprint density at radius 1 is 0.967 bits per heavy atom. The number of nitrogens with zero attached hydrogens (tertiary/aromatic N) is 2. The molecule has 4 rings (SSSR count). The summed E-state index contributed by atoms with van der Waals surface area (Å²) in [6.07, 6.45) is 3.64. The van der Waals surface area contributed by atoms with Crippen molar-refractivity contribution in [1.29, 1.82) is 0 Å². The molecule has 3 aromatic rings. The highest BCUT2D eigenvalue weighted by Crippen LogP contribution is 2.29. The second-order valence-corrected chi connectivity index (χ2v) is 9.30. The second kappa shape index (κ2) is 8.12. The van der Waals surface area contributed by atoms with Crippen LogP contribution < -0.4 is 0 Å². The Hall–Kier alpha value is -2.84. The summed E-state index contributed by atoms with van der Waals surface area (Å²) in [6.45, 7) is 0.932. The van der Waals surface area contributed by atoms with Crippen LogP contribution in [0.15, 0.2) is 53.4 Å². The van der Waals surface area contributed by atoms with E-state index in [2.05, 4.69) is 4.98 Å². The number of rotatable bonds is 4. The van der Waals surface area contributed by atoms with Gasteiger partial charge in [-0.15, -0.1) is 0 Å². The Labute approximate surface area is 174 Å². The Morgan fingerprint density at radius 3 is 2.27 bits per heavy atom. The molecule has 6 nitrogen and oxygen atoms in total. The zero-order valence-corrected chi connectivity index (χ0v) is 17.0. The van der Waals surface area contributed by atoms with E-state index in [-0.39, 0.29) is 15.8 Å². The van der Waals surface area contributed by atoms with Crippen LogP contribution in [0.5, 0.6) is 0 Å². The van der Waals surface area contributed by atoms with Crippen LogP contribution in [-0.2, 0) is 10.0 Å². The van der Waals surface area contributed by atoms with Gasteiger partial charge in [-0.1, -0.05) is 12.8 Å². The average Bonchev–Trinajstić information content (AvgIpc) is 3.03. The fourth-order valence-corrected chi connectivity index (χ4v) is 5.29. The summed E-state index contributed by atoms with van der Waals surface area (Å²) in [5.41, 5.74) is 1.27. The van der Waals surface area contributed by atoms with E-state index in [1.165, 1.54) is 52.8 Å². The molecule has 2 aromatic carbocycles. The predicted octanol–water partition coefficient (Wildman–Crippen LogP) is 4.30. The molecule has 1 N–H and O–H groups in total. The van der Waals surface area contributed by atoms with Gasteiger partial charge in [0.15, 0.2) is 0 Å². The van der Waals surface area contributed by atoms with Crippen molar-refractivity contribution in [3.8, 4) is 11.3 Å². The molecule has 0 amide bonds. The van der Waals surface area contributed by atoms with Crippen molar-refractivity contribution >= 4 is 26.9 Å². The lowest BCUT2D eigenvalue weighted by Crippen LogP contribution is -2.31. The van der Waals surface area contributed by atoms with Gasteiger partial charge in [-0.3, -0.25) is 0 Å². The zero-order chi connectivity index (χ0) is 21.3. The number of benzene rings is 2. The highest BCUT2D eigenvalue weighted by Gasteiger charge is 2.26. The summed E-state index contributed by atoms with van der Waals surface area (Å²) < 4.78 is 40.9. The van der Waals surface area contributed by atoms with Gasteiger partial charge in [-0.25, -0.2) is 22.6 Å². The van der Waals surface area contributed by atoms with Crippen molar-refractivity contribution in [3.63, 3.8) is 0 Å². The SMILES string of the molecule is O=C(O)c1cc(-c2ccc(F)cc2)nc2ccc(S(=O)(=O)N3CCCCCC3)cc12. The number of halogens is 1. The molecule has 1 aliphatic rings. The minimum atomic E-state index is -3.72. The van der Waals surface area contributed by atoms with Gasteiger partial charge in [0.2, 0.25) is 10.0 Å². The summed E-state index contributed by atoms with van der Waals surface area (Å²) >= 11 is 0. The molecule has 0 radical (unpaired) electrons. The van der Waals surface area contributed by atoms with E-state index in [9.17, 15) is 22.7 Å². The predicted molar refractivity (Wildman–Crippen MR) is 111 cm³/mol. The number of carbonyl (C=O) groups is 1. The maximum absolute atomic E-state index is 13.2. The Balaban J connectivity index is 1.82. The molecule has 0 atom stereocenters. The minimum Gasteiger partial charge on any atom is -0.478 e. The Kier molecular flexibility index (Phi) is 5.53. The number of pyridine rings is 1. The van der Waals surface area contributed by atoms with E-state index >= 15 is 0 Å². The van der Waals surface area contributed by atoms with Crippen molar-refractivity contribution in [3.05, 3.63) is 59.9 Å². The van der Waals surface area contributed by atoms with E-state index in [0.717, 1.165) is 25.7 Å². The van der Waals surface area contributed by atoms with Gasteiger partial charge in [0, 0.05) is 24.0 Å². The first-order valence-electron chi connectivity index (χ1n) is 9.80. The molecule has 0 bridgehead atoms. The van der Waals surface area contributed by atoms with E-state index in [1.54, 1.807) is 0 Å². The van der Waals surface area contributed by atoms with Crippen LogP contribution in [0.1, 0.15) is 36.0 Å². The normalized spacial score (nSPS) is 15.8. The van der Waals surface area contributed by atoms with Gasteiger partial charge in [-0.2, -0.15) is 4.31 Å². The molecule has 8 heteroatoms. The Bertz CT molecular complexity index is 1200. The molecule has 0 spiro atoms. The quantitative estimate of drug-likeness (QED) is 0.669. The molecule has 2 heterocycles. The van der Waals surface area contributed by atoms with Crippen LogP contribution in [-0.4, -0.2) is 41.9 Å². The first kappa shape index (κ1) is 20.4. The molecular weight excluding hydrogens is 407 g/mol. The third-order valence-corrected chi connectivity index (χ3v) is 7.25. The fraction of sp³-hybridized carbons (Fsp3) is 0.273. The van der Waals surface area contributed by atoms with E-state index in [4.69, 9.17) is 0 Å². The average molecular weight is 428 g/mol. The van der Waals surface area contributed by atoms with Crippen LogP contribution in [0.3, 0.4) is 0 Å². The van der Waals surface area contributed by atoms with Gasteiger partial charge in [-0.05, 0) is 61.4 Å². The van der Waals surface area contributed by atoms with Crippen molar-refractivity contribution in [2.24, 2.45) is 0 Å². The fourth-order valence-electron chi connectivity index (χ4n) is 3.74. The largest absolute Gasteiger partial charge is 0.478 e. The monoisotopic (exact) mass is 428 g/mol. The smallest absolute Gasteiger partial charge is 0.336 e. The van der Waals surface area contributed by atoms with Crippen LogP contribution >= 0.6 is 0 Å². The standard InChI is InChI=1S/C22H21FN2O4S/c23-16-7-5-15(6-8-16)21-14-19(22(26)27)18-13-17(9-10-20(18)24-21)30(28,29)25-11-3-1-2-4-12-25/h5-10,13-14H,1-4,11-12H2,(H,26,27). The first-order valence-corrected chi connectivity index (χ1v) is 11.2. The molecule has 1 aromatic heterocycles. The first-order chi connectivity index (χ1) is 14.4. The van der Waals surface area contributed by atoms with Gasteiger partial charge >= 0.3 is 5.97 Å². The van der Waals surface area contributed by atoms with E-state index in [0.29, 0.717) is 29.9 Å². The van der Waals surface area contributed by atoms with Gasteiger partial charge in [0.05, 0.1) is 21.7 Å². The zero-order valence-electron chi connectivity index (χ0n) is 16.2. The number of hydrogen-bond donors (Lipinski definition) is 1. The summed E-state index contributed by atoms with van der Waals surface area (Å²) in [7, 11) is -3.72. The molecule has 1 saturated heterocycles. The lowest BCUT2D eigenvalue weighted by molar-refractivity contribution is 0.0699. The number of aromatic nitrogens is 1. The minimum absolute atomic E-state index is 0.0489. The number of sulfonamides is 1. The number of aromatic carboxylic acids is 1. The molecular formula is C22H21FN2O4S. The van der Waals surface area contributed by atoms with Crippen LogP contribution in [0.4, 0.5) is 4.39 Å². The summed E-state index contributed by atoms with van der Waals surface area (Å²) in [6, 6.07) is 11.4. The van der Waals surface area contributed by atoms with E-state index < -0.39 is 21.8 Å². The molecule has 30 heavy (non-hydrogen) atoms. The lowest BCUT2D eigenvalue weighted by atomic mass is 10.0. The summed E-state index contributed by atoms with van der Waals surface area (Å²) in [4.78, 5) is 16.5. The molecule has 1 aliphatic heterocycles. The van der Waals surface area contributed by atoms with Crippen molar-refractivity contribution in [2.45, 2.75) is 30.6 Å². The molecule has 0 unspecified atom stereocenters. The van der Waals surface area contributed by atoms with Crippen LogP contribution in [0.25, 0.3) is 22.2 Å². The maximum Gasteiger partial charge on any atom is 0.336 e. The van der Waals surface area contributed by atoms with Crippen molar-refractivity contribution in [2.75, 3.05) is 13.1 Å². The number of fused-ring (bicyclic) bond motifs is 1. The van der Waals surface area contributed by atoms with Crippen LogP contribution in [0, 0.1) is 5.82 Å². The third-order valence-electron chi connectivity index (χ3n) is 5.35. The molecule has 0 saturated carbocycles. The van der Waals surface area contributed by atoms with Gasteiger partial charge in [0.1, 0.15) is 5.82 Å². The topological polar surface area (TPSA) is 87.6 Å².